The summed E-state index contributed by atoms with van der Waals surface area (Å²) >= 11 is 0. The van der Waals surface area contributed by atoms with Crippen LogP contribution in [0.2, 0.25) is 0 Å². The summed E-state index contributed by atoms with van der Waals surface area (Å²) in [7, 11) is 2.20. The maximum atomic E-state index is 5.93. The van der Waals surface area contributed by atoms with Gasteiger partial charge in [-0.15, -0.1) is 0 Å². The third-order valence-electron chi connectivity index (χ3n) is 4.27. The van der Waals surface area contributed by atoms with Crippen LogP contribution < -0.4 is 11.1 Å². The van der Waals surface area contributed by atoms with Crippen LogP contribution in [-0.2, 0) is 0 Å². The van der Waals surface area contributed by atoms with Crippen LogP contribution in [0.5, 0.6) is 0 Å². The molecule has 3 N–H and O–H groups in total. The Labute approximate surface area is 146 Å². The Bertz CT molecular complexity index is 520. The molecule has 1 aromatic rings. The van der Waals surface area contributed by atoms with E-state index in [1.54, 1.807) is 0 Å². The van der Waals surface area contributed by atoms with Gasteiger partial charge < -0.3 is 16.0 Å². The second-order valence-corrected chi connectivity index (χ2v) is 7.72. The molecule has 134 valence electrons. The lowest BCUT2D eigenvalue weighted by Gasteiger charge is -2.40. The van der Waals surface area contributed by atoms with Gasteiger partial charge in [-0.3, -0.25) is 9.89 Å². The zero-order chi connectivity index (χ0) is 17.6. The molecule has 1 aliphatic heterocycles. The van der Waals surface area contributed by atoms with Gasteiger partial charge in [-0.25, -0.2) is 0 Å². The number of nitrogens with zero attached hydrogens (tertiary/aromatic N) is 3. The van der Waals surface area contributed by atoms with Gasteiger partial charge >= 0.3 is 0 Å². The Kier molecular flexibility index (Phi) is 6.63. The number of piperazine rings is 1. The molecule has 1 atom stereocenters. The molecule has 0 bridgehead atoms. The van der Waals surface area contributed by atoms with Crippen LogP contribution in [-0.4, -0.2) is 61.1 Å². The fourth-order valence-corrected chi connectivity index (χ4v) is 3.11. The predicted octanol–water partition coefficient (Wildman–Crippen LogP) is 2.07. The number of likely N-dealkylation sites (N-methyl/N-ethyl adjacent to an activating group) is 1. The molecule has 0 radical (unpaired) electrons. The molecule has 1 aromatic carbocycles. The highest BCUT2D eigenvalue weighted by molar-refractivity contribution is 5.78. The van der Waals surface area contributed by atoms with E-state index in [0.29, 0.717) is 12.0 Å². The SMILES string of the molecule is CN1CCN(CCCN=C(N)NC(C)(C)C)C(c2ccccc2)C1. The molecule has 1 unspecified atom stereocenters. The molecule has 5 heteroatoms. The minimum atomic E-state index is -0.0383. The van der Waals surface area contributed by atoms with Crippen molar-refractivity contribution in [2.45, 2.75) is 38.8 Å². The van der Waals surface area contributed by atoms with Crippen molar-refractivity contribution in [3.05, 3.63) is 35.9 Å². The molecule has 0 aromatic heterocycles. The quantitative estimate of drug-likeness (QED) is 0.493. The highest BCUT2D eigenvalue weighted by Gasteiger charge is 2.25. The summed E-state index contributed by atoms with van der Waals surface area (Å²) in [6.45, 7) is 11.4. The van der Waals surface area contributed by atoms with E-state index in [-0.39, 0.29) is 5.54 Å². The summed E-state index contributed by atoms with van der Waals surface area (Å²) in [6, 6.07) is 11.3. The zero-order valence-electron chi connectivity index (χ0n) is 15.6. The summed E-state index contributed by atoms with van der Waals surface area (Å²) in [6.07, 6.45) is 1.03. The normalized spacial score (nSPS) is 21.0. The van der Waals surface area contributed by atoms with Crippen LogP contribution in [0, 0.1) is 0 Å². The first-order chi connectivity index (χ1) is 11.3. The minimum Gasteiger partial charge on any atom is -0.370 e. The monoisotopic (exact) mass is 331 g/mol. The number of hydrogen-bond donors (Lipinski definition) is 2. The lowest BCUT2D eigenvalue weighted by Crippen LogP contribution is -2.47. The van der Waals surface area contributed by atoms with Gasteiger partial charge in [-0.2, -0.15) is 0 Å². The van der Waals surface area contributed by atoms with E-state index in [2.05, 4.69) is 78.3 Å². The third-order valence-corrected chi connectivity index (χ3v) is 4.27. The molecule has 2 rings (SSSR count). The van der Waals surface area contributed by atoms with Crippen LogP contribution in [0.3, 0.4) is 0 Å². The van der Waals surface area contributed by atoms with E-state index in [9.17, 15) is 0 Å². The fraction of sp³-hybridized carbons (Fsp3) is 0.632. The zero-order valence-corrected chi connectivity index (χ0v) is 15.6. The van der Waals surface area contributed by atoms with Crippen molar-refractivity contribution in [3.8, 4) is 0 Å². The maximum Gasteiger partial charge on any atom is 0.188 e. The summed E-state index contributed by atoms with van der Waals surface area (Å²) in [5, 5.41) is 3.21. The van der Waals surface area contributed by atoms with Crippen LogP contribution in [0.25, 0.3) is 0 Å². The van der Waals surface area contributed by atoms with Gasteiger partial charge in [0.1, 0.15) is 0 Å². The van der Waals surface area contributed by atoms with Crippen LogP contribution >= 0.6 is 0 Å². The number of hydrogen-bond acceptors (Lipinski definition) is 3. The first-order valence-electron chi connectivity index (χ1n) is 8.91. The Morgan fingerprint density at radius 2 is 1.96 bits per heavy atom. The Morgan fingerprint density at radius 3 is 2.62 bits per heavy atom. The average Bonchev–Trinajstić information content (AvgIpc) is 2.52. The number of rotatable bonds is 5. The molecule has 24 heavy (non-hydrogen) atoms. The highest BCUT2D eigenvalue weighted by Crippen LogP contribution is 2.24. The molecule has 1 fully saturated rings. The second-order valence-electron chi connectivity index (χ2n) is 7.72. The van der Waals surface area contributed by atoms with Gasteiger partial charge in [0.05, 0.1) is 0 Å². The van der Waals surface area contributed by atoms with Crippen molar-refractivity contribution < 1.29 is 0 Å². The predicted molar refractivity (Wildman–Crippen MR) is 102 cm³/mol. The third kappa shape index (κ3) is 6.13. The van der Waals surface area contributed by atoms with Gasteiger partial charge in [0.2, 0.25) is 0 Å². The number of nitrogens with one attached hydrogen (secondary N) is 1. The van der Waals surface area contributed by atoms with E-state index in [1.165, 1.54) is 5.56 Å². The van der Waals surface area contributed by atoms with E-state index in [0.717, 1.165) is 39.1 Å². The topological polar surface area (TPSA) is 56.9 Å². The first-order valence-corrected chi connectivity index (χ1v) is 8.91. The van der Waals surface area contributed by atoms with Crippen LogP contribution in [0.4, 0.5) is 0 Å². The molecule has 0 saturated carbocycles. The highest BCUT2D eigenvalue weighted by atomic mass is 15.3. The minimum absolute atomic E-state index is 0.0383. The van der Waals surface area contributed by atoms with Crippen LogP contribution in [0.15, 0.2) is 35.3 Å². The molecule has 5 nitrogen and oxygen atoms in total. The van der Waals surface area contributed by atoms with Gasteiger partial charge in [-0.05, 0) is 39.8 Å². The second kappa shape index (κ2) is 8.49. The summed E-state index contributed by atoms with van der Waals surface area (Å²) in [4.78, 5) is 9.45. The van der Waals surface area contributed by atoms with Gasteiger partial charge in [-0.1, -0.05) is 30.3 Å². The van der Waals surface area contributed by atoms with E-state index < -0.39 is 0 Å². The lowest BCUT2D eigenvalue weighted by atomic mass is 10.0. The van der Waals surface area contributed by atoms with E-state index in [1.807, 2.05) is 0 Å². The van der Waals surface area contributed by atoms with Gasteiger partial charge in [0.25, 0.3) is 0 Å². The Hall–Kier alpha value is -1.59. The first kappa shape index (κ1) is 18.7. The van der Waals surface area contributed by atoms with Crippen molar-refractivity contribution in [1.82, 2.24) is 15.1 Å². The van der Waals surface area contributed by atoms with Gasteiger partial charge in [0, 0.05) is 44.3 Å². The van der Waals surface area contributed by atoms with Gasteiger partial charge in [0.15, 0.2) is 5.96 Å². The van der Waals surface area contributed by atoms with Crippen molar-refractivity contribution in [3.63, 3.8) is 0 Å². The summed E-state index contributed by atoms with van der Waals surface area (Å²) < 4.78 is 0. The number of nitrogens with two attached hydrogens (primary N) is 1. The lowest BCUT2D eigenvalue weighted by molar-refractivity contribution is 0.0894. The molecule has 0 aliphatic carbocycles. The molecule has 0 spiro atoms. The van der Waals surface area contributed by atoms with E-state index in [4.69, 9.17) is 5.73 Å². The van der Waals surface area contributed by atoms with Crippen molar-refractivity contribution >= 4 is 5.96 Å². The summed E-state index contributed by atoms with van der Waals surface area (Å²) in [5.74, 6) is 0.542. The summed E-state index contributed by atoms with van der Waals surface area (Å²) in [5.41, 5.74) is 7.30. The largest absolute Gasteiger partial charge is 0.370 e. The molecular formula is C19H33N5. The molecule has 1 saturated heterocycles. The van der Waals surface area contributed by atoms with Crippen molar-refractivity contribution in [1.29, 1.82) is 0 Å². The standard InChI is InChI=1S/C19H33N5/c1-19(2,3)22-18(20)21-11-8-12-24-14-13-23(4)15-17(24)16-9-6-5-7-10-16/h5-7,9-10,17H,8,11-15H2,1-4H3,(H3,20,21,22). The average molecular weight is 332 g/mol. The van der Waals surface area contributed by atoms with Crippen molar-refractivity contribution in [2.24, 2.45) is 10.7 Å². The molecular weight excluding hydrogens is 298 g/mol. The van der Waals surface area contributed by atoms with E-state index >= 15 is 0 Å². The number of guanidine groups is 1. The maximum absolute atomic E-state index is 5.93. The molecule has 0 amide bonds. The number of aliphatic imine (C=N–C) groups is 1. The number of benzene rings is 1. The fourth-order valence-electron chi connectivity index (χ4n) is 3.11. The molecule has 1 aliphatic rings. The smallest absolute Gasteiger partial charge is 0.188 e. The molecule has 1 heterocycles. The van der Waals surface area contributed by atoms with Crippen LogP contribution in [0.1, 0.15) is 38.8 Å². The Balaban J connectivity index is 1.87. The van der Waals surface area contributed by atoms with Crippen molar-refractivity contribution in [2.75, 3.05) is 39.8 Å². The Morgan fingerprint density at radius 1 is 1.25 bits per heavy atom.